The normalized spacial score (nSPS) is 14.0. The molecule has 21 heavy (non-hydrogen) atoms. The summed E-state index contributed by atoms with van der Waals surface area (Å²) in [4.78, 5) is 24.6. The number of hydrogen-bond acceptors (Lipinski definition) is 2. The number of aryl methyl sites for hydroxylation is 1. The molecule has 3 rings (SSSR count). The zero-order valence-corrected chi connectivity index (χ0v) is 12.9. The molecule has 4 heteroatoms. The minimum absolute atomic E-state index is 0.0812. The summed E-state index contributed by atoms with van der Waals surface area (Å²) in [5, 5.41) is 2.86. The van der Waals surface area contributed by atoms with Crippen molar-refractivity contribution >= 4 is 27.6 Å². The van der Waals surface area contributed by atoms with Gasteiger partial charge in [0.25, 0.3) is 5.91 Å². The molecule has 2 aromatic rings. The van der Waals surface area contributed by atoms with Gasteiger partial charge in [0.1, 0.15) is 0 Å². The molecule has 0 atom stereocenters. The molecule has 106 valence electrons. The molecule has 0 aliphatic carbocycles. The van der Waals surface area contributed by atoms with Crippen molar-refractivity contribution in [2.45, 2.75) is 12.8 Å². The first-order valence-electron chi connectivity index (χ1n) is 6.87. The summed E-state index contributed by atoms with van der Waals surface area (Å²) in [6.07, 6.45) is 1.79. The van der Waals surface area contributed by atoms with E-state index in [-0.39, 0.29) is 11.7 Å². The zero-order valence-electron chi connectivity index (χ0n) is 11.4. The Hall–Kier alpha value is -1.94. The molecular formula is C17H14BrNO2. The third-order valence-electron chi connectivity index (χ3n) is 3.64. The number of halogens is 1. The summed E-state index contributed by atoms with van der Waals surface area (Å²) in [5.74, 6) is -0.174. The standard InChI is InChI=1S/C17H14BrNO2/c18-15-6-2-1-5-13(15)16(20)12-8-7-11-4-3-9-19-17(21)14(11)10-12/h1-2,5-8,10H,3-4,9H2,(H,19,21). The van der Waals surface area contributed by atoms with Gasteiger partial charge < -0.3 is 5.32 Å². The number of amides is 1. The van der Waals surface area contributed by atoms with Crippen LogP contribution in [0.25, 0.3) is 0 Å². The van der Waals surface area contributed by atoms with Crippen molar-refractivity contribution in [3.8, 4) is 0 Å². The van der Waals surface area contributed by atoms with Gasteiger partial charge in [-0.3, -0.25) is 9.59 Å². The van der Waals surface area contributed by atoms with E-state index in [1.165, 1.54) is 0 Å². The first kappa shape index (κ1) is 14.0. The van der Waals surface area contributed by atoms with Gasteiger partial charge in [0.15, 0.2) is 5.78 Å². The van der Waals surface area contributed by atoms with Crippen LogP contribution in [0.15, 0.2) is 46.9 Å². The predicted molar refractivity (Wildman–Crippen MR) is 84.7 cm³/mol. The van der Waals surface area contributed by atoms with Crippen molar-refractivity contribution < 1.29 is 9.59 Å². The van der Waals surface area contributed by atoms with Crippen molar-refractivity contribution in [1.29, 1.82) is 0 Å². The smallest absolute Gasteiger partial charge is 0.251 e. The number of nitrogens with one attached hydrogen (secondary N) is 1. The van der Waals surface area contributed by atoms with E-state index in [9.17, 15) is 9.59 Å². The van der Waals surface area contributed by atoms with E-state index in [4.69, 9.17) is 0 Å². The Labute approximate surface area is 131 Å². The van der Waals surface area contributed by atoms with E-state index in [0.29, 0.717) is 23.2 Å². The first-order chi connectivity index (χ1) is 10.2. The molecule has 1 N–H and O–H groups in total. The number of fused-ring (bicyclic) bond motifs is 1. The lowest BCUT2D eigenvalue weighted by Crippen LogP contribution is -2.23. The van der Waals surface area contributed by atoms with Gasteiger partial charge in [-0.25, -0.2) is 0 Å². The third kappa shape index (κ3) is 2.76. The molecule has 3 nitrogen and oxygen atoms in total. The molecule has 0 spiro atoms. The Kier molecular flexibility index (Phi) is 3.88. The number of carbonyl (C=O) groups excluding carboxylic acids is 2. The fraction of sp³-hybridized carbons (Fsp3) is 0.176. The summed E-state index contributed by atoms with van der Waals surface area (Å²) >= 11 is 3.39. The van der Waals surface area contributed by atoms with Crippen molar-refractivity contribution in [2.75, 3.05) is 6.54 Å². The maximum Gasteiger partial charge on any atom is 0.251 e. The van der Waals surface area contributed by atoms with E-state index < -0.39 is 0 Å². The Bertz CT molecular complexity index is 724. The van der Waals surface area contributed by atoms with Crippen LogP contribution in [0.5, 0.6) is 0 Å². The Morgan fingerprint density at radius 3 is 2.76 bits per heavy atom. The lowest BCUT2D eigenvalue weighted by Gasteiger charge is -2.08. The average molecular weight is 344 g/mol. The zero-order chi connectivity index (χ0) is 14.8. The molecule has 2 aromatic carbocycles. The van der Waals surface area contributed by atoms with Crippen LogP contribution in [0, 0.1) is 0 Å². The monoisotopic (exact) mass is 343 g/mol. The van der Waals surface area contributed by atoms with Crippen molar-refractivity contribution in [3.05, 3.63) is 69.2 Å². The SMILES string of the molecule is O=C(c1ccc2c(c1)C(=O)NCCC2)c1ccccc1Br. The van der Waals surface area contributed by atoms with Gasteiger partial charge in [0.2, 0.25) is 0 Å². The number of hydrogen-bond donors (Lipinski definition) is 1. The minimum atomic E-state index is -0.0933. The van der Waals surface area contributed by atoms with Gasteiger partial charge in [0, 0.05) is 27.7 Å². The first-order valence-corrected chi connectivity index (χ1v) is 7.66. The largest absolute Gasteiger partial charge is 0.352 e. The van der Waals surface area contributed by atoms with Crippen molar-refractivity contribution in [2.24, 2.45) is 0 Å². The van der Waals surface area contributed by atoms with Crippen molar-refractivity contribution in [3.63, 3.8) is 0 Å². The summed E-state index contributed by atoms with van der Waals surface area (Å²) in [5.41, 5.74) is 2.77. The molecule has 1 heterocycles. The van der Waals surface area contributed by atoms with Crippen LogP contribution in [0.1, 0.15) is 38.3 Å². The summed E-state index contributed by atoms with van der Waals surface area (Å²) in [6, 6.07) is 12.7. The Balaban J connectivity index is 2.02. The number of carbonyl (C=O) groups is 2. The fourth-order valence-corrected chi connectivity index (χ4v) is 2.99. The summed E-state index contributed by atoms with van der Waals surface area (Å²) in [6.45, 7) is 0.682. The van der Waals surface area contributed by atoms with E-state index >= 15 is 0 Å². The van der Waals surface area contributed by atoms with E-state index in [1.807, 2.05) is 24.3 Å². The van der Waals surface area contributed by atoms with Crippen LogP contribution in [0.3, 0.4) is 0 Å². The average Bonchev–Trinajstić information content (AvgIpc) is 2.69. The molecule has 1 aliphatic rings. The number of rotatable bonds is 2. The highest BCUT2D eigenvalue weighted by atomic mass is 79.9. The van der Waals surface area contributed by atoms with Gasteiger partial charge in [-0.1, -0.05) is 40.2 Å². The second-order valence-corrected chi connectivity index (χ2v) is 5.89. The van der Waals surface area contributed by atoms with Crippen LogP contribution >= 0.6 is 15.9 Å². The van der Waals surface area contributed by atoms with Gasteiger partial charge in [-0.2, -0.15) is 0 Å². The van der Waals surface area contributed by atoms with Gasteiger partial charge in [-0.05, 0) is 36.6 Å². The highest BCUT2D eigenvalue weighted by Crippen LogP contribution is 2.22. The Morgan fingerprint density at radius 2 is 1.95 bits per heavy atom. The Morgan fingerprint density at radius 1 is 1.14 bits per heavy atom. The lowest BCUT2D eigenvalue weighted by atomic mass is 9.96. The predicted octanol–water partition coefficient (Wildman–Crippen LogP) is 3.36. The maximum atomic E-state index is 12.6. The van der Waals surface area contributed by atoms with Gasteiger partial charge in [-0.15, -0.1) is 0 Å². The third-order valence-corrected chi connectivity index (χ3v) is 4.34. The lowest BCUT2D eigenvalue weighted by molar-refractivity contribution is 0.0956. The molecule has 0 saturated carbocycles. The fourth-order valence-electron chi connectivity index (χ4n) is 2.52. The topological polar surface area (TPSA) is 46.2 Å². The van der Waals surface area contributed by atoms with Crippen molar-refractivity contribution in [1.82, 2.24) is 5.32 Å². The molecule has 1 aliphatic heterocycles. The second-order valence-electron chi connectivity index (χ2n) is 5.04. The van der Waals surface area contributed by atoms with Crippen LogP contribution < -0.4 is 5.32 Å². The van der Waals surface area contributed by atoms with Crippen LogP contribution in [-0.2, 0) is 6.42 Å². The molecule has 0 fully saturated rings. The molecule has 1 amide bonds. The van der Waals surface area contributed by atoms with Gasteiger partial charge in [0.05, 0.1) is 0 Å². The second kappa shape index (κ2) is 5.82. The highest BCUT2D eigenvalue weighted by molar-refractivity contribution is 9.10. The molecule has 0 bridgehead atoms. The van der Waals surface area contributed by atoms with E-state index in [1.54, 1.807) is 18.2 Å². The van der Waals surface area contributed by atoms with Gasteiger partial charge >= 0.3 is 0 Å². The number of benzene rings is 2. The quantitative estimate of drug-likeness (QED) is 0.850. The molecule has 0 aromatic heterocycles. The van der Waals surface area contributed by atoms with Crippen LogP contribution in [0.2, 0.25) is 0 Å². The number of ketones is 1. The molecule has 0 radical (unpaired) electrons. The van der Waals surface area contributed by atoms with E-state index in [2.05, 4.69) is 21.2 Å². The molecule has 0 saturated heterocycles. The summed E-state index contributed by atoms with van der Waals surface area (Å²) in [7, 11) is 0. The maximum absolute atomic E-state index is 12.6. The molecule has 0 unspecified atom stereocenters. The van der Waals surface area contributed by atoms with E-state index in [0.717, 1.165) is 22.9 Å². The highest BCUT2D eigenvalue weighted by Gasteiger charge is 2.19. The minimum Gasteiger partial charge on any atom is -0.352 e. The van der Waals surface area contributed by atoms with Crippen LogP contribution in [0.4, 0.5) is 0 Å². The van der Waals surface area contributed by atoms with Crippen LogP contribution in [-0.4, -0.2) is 18.2 Å². The molecular weight excluding hydrogens is 330 g/mol. The summed E-state index contributed by atoms with van der Waals surface area (Å²) < 4.78 is 0.759.